The van der Waals surface area contributed by atoms with E-state index in [0.29, 0.717) is 6.42 Å². The summed E-state index contributed by atoms with van der Waals surface area (Å²) in [6.45, 7) is 0.843. The highest BCUT2D eigenvalue weighted by Gasteiger charge is 2.28. The molecule has 0 spiro atoms. The van der Waals surface area contributed by atoms with Crippen LogP contribution in [0.25, 0.3) is 10.9 Å². The van der Waals surface area contributed by atoms with Crippen molar-refractivity contribution < 1.29 is 9.90 Å². The molecule has 0 saturated carbocycles. The number of aryl methyl sites for hydroxylation is 1. The van der Waals surface area contributed by atoms with Gasteiger partial charge in [-0.05, 0) is 24.5 Å². The number of aliphatic hydroxyl groups excluding tert-OH is 1. The maximum atomic E-state index is 12.4. The molecule has 1 amide bonds. The van der Waals surface area contributed by atoms with Crippen molar-refractivity contribution in [3.63, 3.8) is 0 Å². The van der Waals surface area contributed by atoms with Crippen LogP contribution in [0.2, 0.25) is 0 Å². The smallest absolute Gasteiger partial charge is 0.227 e. The van der Waals surface area contributed by atoms with Crippen LogP contribution in [0, 0.1) is 0 Å². The molecular weight excluding hydrogens is 252 g/mol. The van der Waals surface area contributed by atoms with Gasteiger partial charge in [-0.2, -0.15) is 0 Å². The molecule has 1 atom stereocenters. The Bertz CT molecular complexity index is 632. The van der Waals surface area contributed by atoms with Crippen LogP contribution in [0.5, 0.6) is 0 Å². The lowest BCUT2D eigenvalue weighted by molar-refractivity contribution is -0.131. The molecule has 1 aromatic heterocycles. The minimum absolute atomic E-state index is 0.0116. The summed E-state index contributed by atoms with van der Waals surface area (Å²) in [5.74, 6) is 0.123. The normalized spacial score (nSPS) is 18.9. The summed E-state index contributed by atoms with van der Waals surface area (Å²) < 4.78 is 2.06. The van der Waals surface area contributed by atoms with Gasteiger partial charge in [0, 0.05) is 30.7 Å². The number of fused-ring (bicyclic) bond motifs is 1. The van der Waals surface area contributed by atoms with Crippen molar-refractivity contribution in [2.45, 2.75) is 25.3 Å². The molecule has 4 heteroatoms. The molecule has 1 aromatic carbocycles. The minimum atomic E-state index is 0.0116. The molecule has 3 rings (SSSR count). The predicted molar refractivity (Wildman–Crippen MR) is 78.4 cm³/mol. The van der Waals surface area contributed by atoms with Crippen LogP contribution in [0.1, 0.15) is 18.4 Å². The van der Waals surface area contributed by atoms with Gasteiger partial charge in [-0.1, -0.05) is 18.2 Å². The Kier molecular flexibility index (Phi) is 3.49. The van der Waals surface area contributed by atoms with Gasteiger partial charge in [0.15, 0.2) is 0 Å². The zero-order chi connectivity index (χ0) is 14.1. The number of hydrogen-bond donors (Lipinski definition) is 1. The van der Waals surface area contributed by atoms with Gasteiger partial charge in [0.05, 0.1) is 19.1 Å². The lowest BCUT2D eigenvalue weighted by atomic mass is 10.1. The fourth-order valence-electron chi connectivity index (χ4n) is 3.18. The Labute approximate surface area is 118 Å². The number of rotatable bonds is 3. The highest BCUT2D eigenvalue weighted by Crippen LogP contribution is 2.23. The molecule has 106 valence electrons. The van der Waals surface area contributed by atoms with Gasteiger partial charge < -0.3 is 14.6 Å². The summed E-state index contributed by atoms with van der Waals surface area (Å²) in [4.78, 5) is 14.3. The standard InChI is InChI=1S/C16H20N2O2/c1-17-10-12(14-6-2-3-7-15(14)17)9-16(20)18-8-4-5-13(18)11-19/h2-3,6-7,10,13,19H,4-5,8-9,11H2,1H3/t13-/m1/s1. The number of carbonyl (C=O) groups excluding carboxylic acids is 1. The van der Waals surface area contributed by atoms with Gasteiger partial charge in [-0.3, -0.25) is 4.79 Å². The molecule has 2 heterocycles. The molecule has 1 aliphatic heterocycles. The van der Waals surface area contributed by atoms with Gasteiger partial charge >= 0.3 is 0 Å². The number of likely N-dealkylation sites (tertiary alicyclic amines) is 1. The Hall–Kier alpha value is -1.81. The second kappa shape index (κ2) is 5.29. The van der Waals surface area contributed by atoms with Crippen LogP contribution >= 0.6 is 0 Å². The number of aromatic nitrogens is 1. The van der Waals surface area contributed by atoms with Gasteiger partial charge in [0.2, 0.25) is 5.91 Å². The summed E-state index contributed by atoms with van der Waals surface area (Å²) in [5.41, 5.74) is 2.21. The molecule has 2 aromatic rings. The van der Waals surface area contributed by atoms with Crippen LogP contribution < -0.4 is 0 Å². The van der Waals surface area contributed by atoms with Gasteiger partial charge in [0.1, 0.15) is 0 Å². The van der Waals surface area contributed by atoms with E-state index in [1.165, 1.54) is 0 Å². The third-order valence-corrected chi connectivity index (χ3v) is 4.23. The van der Waals surface area contributed by atoms with Crippen LogP contribution in [-0.2, 0) is 18.3 Å². The van der Waals surface area contributed by atoms with Crippen molar-refractivity contribution in [1.82, 2.24) is 9.47 Å². The van der Waals surface area contributed by atoms with E-state index >= 15 is 0 Å². The van der Waals surface area contributed by atoms with E-state index in [0.717, 1.165) is 35.9 Å². The van der Waals surface area contributed by atoms with Crippen molar-refractivity contribution in [1.29, 1.82) is 0 Å². The van der Waals surface area contributed by atoms with Crippen molar-refractivity contribution >= 4 is 16.8 Å². The Balaban J connectivity index is 1.84. The highest BCUT2D eigenvalue weighted by molar-refractivity contribution is 5.89. The molecule has 0 aliphatic carbocycles. The lowest BCUT2D eigenvalue weighted by Gasteiger charge is -2.22. The molecule has 1 saturated heterocycles. The number of aliphatic hydroxyl groups is 1. The van der Waals surface area contributed by atoms with Gasteiger partial charge in [-0.15, -0.1) is 0 Å². The zero-order valence-electron chi connectivity index (χ0n) is 11.7. The van der Waals surface area contributed by atoms with E-state index in [-0.39, 0.29) is 18.6 Å². The predicted octanol–water partition coefficient (Wildman–Crippen LogP) is 1.70. The van der Waals surface area contributed by atoms with Crippen molar-refractivity contribution in [2.75, 3.05) is 13.2 Å². The van der Waals surface area contributed by atoms with Crippen LogP contribution in [0.4, 0.5) is 0 Å². The third-order valence-electron chi connectivity index (χ3n) is 4.23. The quantitative estimate of drug-likeness (QED) is 0.924. The fraction of sp³-hybridized carbons (Fsp3) is 0.438. The summed E-state index contributed by atoms with van der Waals surface area (Å²) in [6, 6.07) is 8.15. The van der Waals surface area contributed by atoms with Crippen LogP contribution in [0.15, 0.2) is 30.5 Å². The SMILES string of the molecule is Cn1cc(CC(=O)N2CCC[C@@H]2CO)c2ccccc21. The summed E-state index contributed by atoms with van der Waals surface area (Å²) in [6.07, 6.45) is 4.36. The number of nitrogens with zero attached hydrogens (tertiary/aromatic N) is 2. The monoisotopic (exact) mass is 272 g/mol. The molecule has 1 fully saturated rings. The van der Waals surface area contributed by atoms with E-state index < -0.39 is 0 Å². The first-order chi connectivity index (χ1) is 9.70. The second-order valence-corrected chi connectivity index (χ2v) is 5.52. The number of hydrogen-bond acceptors (Lipinski definition) is 2. The molecule has 0 unspecified atom stereocenters. The highest BCUT2D eigenvalue weighted by atomic mass is 16.3. The first kappa shape index (κ1) is 13.2. The number of amides is 1. The maximum absolute atomic E-state index is 12.4. The maximum Gasteiger partial charge on any atom is 0.227 e. The van der Waals surface area contributed by atoms with Crippen molar-refractivity contribution in [2.24, 2.45) is 7.05 Å². The molecule has 1 N–H and O–H groups in total. The van der Waals surface area contributed by atoms with Gasteiger partial charge in [-0.25, -0.2) is 0 Å². The Morgan fingerprint density at radius 2 is 2.20 bits per heavy atom. The summed E-state index contributed by atoms with van der Waals surface area (Å²) >= 11 is 0. The largest absolute Gasteiger partial charge is 0.394 e. The van der Waals surface area contributed by atoms with Crippen LogP contribution in [0.3, 0.4) is 0 Å². The van der Waals surface area contributed by atoms with Gasteiger partial charge in [0.25, 0.3) is 0 Å². The molecule has 1 aliphatic rings. The lowest BCUT2D eigenvalue weighted by Crippen LogP contribution is -2.38. The summed E-state index contributed by atoms with van der Waals surface area (Å²) in [5, 5.41) is 10.5. The minimum Gasteiger partial charge on any atom is -0.394 e. The Morgan fingerprint density at radius 3 is 3.00 bits per heavy atom. The second-order valence-electron chi connectivity index (χ2n) is 5.52. The van der Waals surface area contributed by atoms with E-state index in [1.54, 1.807) is 0 Å². The molecule has 4 nitrogen and oxygen atoms in total. The summed E-state index contributed by atoms with van der Waals surface area (Å²) in [7, 11) is 2.00. The van der Waals surface area contributed by atoms with E-state index in [1.807, 2.05) is 30.3 Å². The molecular formula is C16H20N2O2. The molecule has 0 radical (unpaired) electrons. The van der Waals surface area contributed by atoms with Crippen molar-refractivity contribution in [3.8, 4) is 0 Å². The number of benzene rings is 1. The first-order valence-electron chi connectivity index (χ1n) is 7.14. The van der Waals surface area contributed by atoms with Crippen LogP contribution in [-0.4, -0.2) is 39.7 Å². The fourth-order valence-corrected chi connectivity index (χ4v) is 3.18. The Morgan fingerprint density at radius 1 is 1.40 bits per heavy atom. The van der Waals surface area contributed by atoms with E-state index in [4.69, 9.17) is 0 Å². The average molecular weight is 272 g/mol. The van der Waals surface area contributed by atoms with E-state index in [9.17, 15) is 9.90 Å². The van der Waals surface area contributed by atoms with Crippen molar-refractivity contribution in [3.05, 3.63) is 36.0 Å². The van der Waals surface area contributed by atoms with E-state index in [2.05, 4.69) is 16.7 Å². The zero-order valence-corrected chi connectivity index (χ0v) is 11.7. The number of para-hydroxylation sites is 1. The third kappa shape index (κ3) is 2.20. The molecule has 0 bridgehead atoms. The topological polar surface area (TPSA) is 45.5 Å². The first-order valence-corrected chi connectivity index (χ1v) is 7.14. The molecule has 20 heavy (non-hydrogen) atoms. The number of carbonyl (C=O) groups is 1. The average Bonchev–Trinajstić information content (AvgIpc) is 3.05.